The topological polar surface area (TPSA) is 41.6 Å². The molecule has 0 aromatic heterocycles. The fourth-order valence-electron chi connectivity index (χ4n) is 2.25. The standard InChI is InChI=1S/C15H19BrN2O2/c1-11-9-18(10-12(2)20-11)15(19)17-8-7-13-5-3-4-6-14(13)16/h3-8,11-12H,9-10H2,1-2H3,(H,17,19)/b8-7+. The molecule has 2 rings (SSSR count). The third-order valence-corrected chi connectivity index (χ3v) is 3.80. The summed E-state index contributed by atoms with van der Waals surface area (Å²) in [5, 5.41) is 2.80. The largest absolute Gasteiger partial charge is 0.372 e. The summed E-state index contributed by atoms with van der Waals surface area (Å²) >= 11 is 3.46. The smallest absolute Gasteiger partial charge is 0.321 e. The van der Waals surface area contributed by atoms with Gasteiger partial charge in [-0.25, -0.2) is 4.79 Å². The lowest BCUT2D eigenvalue weighted by Gasteiger charge is -2.34. The van der Waals surface area contributed by atoms with E-state index in [2.05, 4.69) is 21.2 Å². The second-order valence-corrected chi connectivity index (χ2v) is 5.82. The van der Waals surface area contributed by atoms with E-state index in [9.17, 15) is 4.79 Å². The van der Waals surface area contributed by atoms with Crippen LogP contribution >= 0.6 is 15.9 Å². The summed E-state index contributed by atoms with van der Waals surface area (Å²) < 4.78 is 6.61. The second-order valence-electron chi connectivity index (χ2n) is 4.97. The Morgan fingerprint density at radius 3 is 2.65 bits per heavy atom. The van der Waals surface area contributed by atoms with Gasteiger partial charge < -0.3 is 15.0 Å². The molecule has 0 bridgehead atoms. The maximum atomic E-state index is 12.1. The van der Waals surface area contributed by atoms with Crippen molar-refractivity contribution in [3.63, 3.8) is 0 Å². The van der Waals surface area contributed by atoms with Crippen LogP contribution in [0.25, 0.3) is 6.08 Å². The first kappa shape index (κ1) is 15.1. The Morgan fingerprint density at radius 1 is 1.35 bits per heavy atom. The van der Waals surface area contributed by atoms with Gasteiger partial charge in [0.2, 0.25) is 0 Å². The SMILES string of the molecule is CC1CN(C(=O)N/C=C/c2ccccc2Br)CC(C)O1. The number of amides is 2. The summed E-state index contributed by atoms with van der Waals surface area (Å²) in [6, 6.07) is 7.77. The maximum absolute atomic E-state index is 12.1. The third kappa shape index (κ3) is 4.08. The van der Waals surface area contributed by atoms with Gasteiger partial charge in [0, 0.05) is 23.8 Å². The van der Waals surface area contributed by atoms with E-state index in [1.54, 1.807) is 11.1 Å². The van der Waals surface area contributed by atoms with Crippen molar-refractivity contribution in [3.05, 3.63) is 40.5 Å². The minimum absolute atomic E-state index is 0.0803. The maximum Gasteiger partial charge on any atom is 0.321 e. The fourth-order valence-corrected chi connectivity index (χ4v) is 2.66. The van der Waals surface area contributed by atoms with E-state index in [4.69, 9.17) is 4.74 Å². The number of halogens is 1. The molecule has 1 heterocycles. The van der Waals surface area contributed by atoms with E-state index in [0.29, 0.717) is 13.1 Å². The first-order chi connectivity index (χ1) is 9.56. The van der Waals surface area contributed by atoms with Gasteiger partial charge in [0.15, 0.2) is 0 Å². The molecule has 2 atom stereocenters. The molecule has 1 aliphatic rings. The molecular weight excluding hydrogens is 320 g/mol. The number of carbonyl (C=O) groups excluding carboxylic acids is 1. The molecule has 0 radical (unpaired) electrons. The normalized spacial score (nSPS) is 23.1. The summed E-state index contributed by atoms with van der Waals surface area (Å²) in [7, 11) is 0. The lowest BCUT2D eigenvalue weighted by Crippen LogP contribution is -2.50. The van der Waals surface area contributed by atoms with Gasteiger partial charge in [0.1, 0.15) is 0 Å². The average molecular weight is 339 g/mol. The molecule has 1 aromatic carbocycles. The van der Waals surface area contributed by atoms with E-state index in [0.717, 1.165) is 10.0 Å². The molecule has 0 aliphatic carbocycles. The Bertz CT molecular complexity index is 494. The summed E-state index contributed by atoms with van der Waals surface area (Å²) in [5.74, 6) is 0. The highest BCUT2D eigenvalue weighted by Gasteiger charge is 2.25. The number of nitrogens with one attached hydrogen (secondary N) is 1. The highest BCUT2D eigenvalue weighted by Crippen LogP contribution is 2.16. The fraction of sp³-hybridized carbons (Fsp3) is 0.400. The Balaban J connectivity index is 1.90. The Hall–Kier alpha value is -1.33. The van der Waals surface area contributed by atoms with Gasteiger partial charge >= 0.3 is 6.03 Å². The minimum atomic E-state index is -0.0877. The zero-order chi connectivity index (χ0) is 14.5. The molecule has 1 aliphatic heterocycles. The highest BCUT2D eigenvalue weighted by molar-refractivity contribution is 9.10. The molecule has 108 valence electrons. The number of rotatable bonds is 2. The van der Waals surface area contributed by atoms with E-state index >= 15 is 0 Å². The first-order valence-corrected chi connectivity index (χ1v) is 7.47. The molecule has 0 spiro atoms. The number of urea groups is 1. The van der Waals surface area contributed by atoms with Gasteiger partial charge in [-0.3, -0.25) is 0 Å². The van der Waals surface area contributed by atoms with Crippen molar-refractivity contribution in [1.29, 1.82) is 0 Å². The number of ether oxygens (including phenoxy) is 1. The zero-order valence-electron chi connectivity index (χ0n) is 11.7. The van der Waals surface area contributed by atoms with Crippen LogP contribution in [0, 0.1) is 0 Å². The van der Waals surface area contributed by atoms with E-state index in [1.807, 2.05) is 44.2 Å². The van der Waals surface area contributed by atoms with Crippen LogP contribution in [0.2, 0.25) is 0 Å². The molecule has 5 heteroatoms. The number of hydrogen-bond donors (Lipinski definition) is 1. The van der Waals surface area contributed by atoms with Crippen LogP contribution in [-0.4, -0.2) is 36.2 Å². The van der Waals surface area contributed by atoms with Crippen LogP contribution in [0.15, 0.2) is 34.9 Å². The van der Waals surface area contributed by atoms with Gasteiger partial charge in [-0.2, -0.15) is 0 Å². The Labute approximate surface area is 127 Å². The van der Waals surface area contributed by atoms with Crippen molar-refractivity contribution >= 4 is 28.0 Å². The summed E-state index contributed by atoms with van der Waals surface area (Å²) in [5.41, 5.74) is 1.02. The molecule has 2 amide bonds. The molecule has 4 nitrogen and oxygen atoms in total. The summed E-state index contributed by atoms with van der Waals surface area (Å²) in [4.78, 5) is 13.8. The van der Waals surface area contributed by atoms with Crippen LogP contribution in [0.4, 0.5) is 4.79 Å². The van der Waals surface area contributed by atoms with Gasteiger partial charge in [0.05, 0.1) is 12.2 Å². The average Bonchev–Trinajstić information content (AvgIpc) is 2.39. The van der Waals surface area contributed by atoms with Gasteiger partial charge in [0.25, 0.3) is 0 Å². The van der Waals surface area contributed by atoms with Crippen LogP contribution in [0.5, 0.6) is 0 Å². The van der Waals surface area contributed by atoms with Gasteiger partial charge in [-0.15, -0.1) is 0 Å². The third-order valence-electron chi connectivity index (χ3n) is 3.08. The number of benzene rings is 1. The number of nitrogens with zero attached hydrogens (tertiary/aromatic N) is 1. The predicted molar refractivity (Wildman–Crippen MR) is 83.3 cm³/mol. The van der Waals surface area contributed by atoms with Crippen LogP contribution in [0.1, 0.15) is 19.4 Å². The van der Waals surface area contributed by atoms with E-state index < -0.39 is 0 Å². The first-order valence-electron chi connectivity index (χ1n) is 6.68. The van der Waals surface area contributed by atoms with Gasteiger partial charge in [-0.05, 0) is 31.6 Å². The highest BCUT2D eigenvalue weighted by atomic mass is 79.9. The molecular formula is C15H19BrN2O2. The van der Waals surface area contributed by atoms with E-state index in [-0.39, 0.29) is 18.2 Å². The number of carbonyl (C=O) groups is 1. The monoisotopic (exact) mass is 338 g/mol. The van der Waals surface area contributed by atoms with Crippen molar-refractivity contribution in [2.24, 2.45) is 0 Å². The van der Waals surface area contributed by atoms with Crippen molar-refractivity contribution in [1.82, 2.24) is 10.2 Å². The van der Waals surface area contributed by atoms with Crippen molar-refractivity contribution in [3.8, 4) is 0 Å². The zero-order valence-corrected chi connectivity index (χ0v) is 13.3. The summed E-state index contributed by atoms with van der Waals surface area (Å²) in [6.07, 6.45) is 3.70. The van der Waals surface area contributed by atoms with Crippen LogP contribution < -0.4 is 5.32 Å². The predicted octanol–water partition coefficient (Wildman–Crippen LogP) is 3.24. The van der Waals surface area contributed by atoms with E-state index in [1.165, 1.54) is 0 Å². The van der Waals surface area contributed by atoms with Crippen molar-refractivity contribution < 1.29 is 9.53 Å². The Kier molecular flexibility index (Phi) is 5.20. The molecule has 1 saturated heterocycles. The van der Waals surface area contributed by atoms with Gasteiger partial charge in [-0.1, -0.05) is 34.1 Å². The number of morpholine rings is 1. The second kappa shape index (κ2) is 6.90. The minimum Gasteiger partial charge on any atom is -0.372 e. The molecule has 20 heavy (non-hydrogen) atoms. The quantitative estimate of drug-likeness (QED) is 0.899. The molecule has 0 saturated carbocycles. The lowest BCUT2D eigenvalue weighted by atomic mass is 10.2. The summed E-state index contributed by atoms with van der Waals surface area (Å²) in [6.45, 7) is 5.21. The molecule has 1 aromatic rings. The number of hydrogen-bond acceptors (Lipinski definition) is 2. The molecule has 2 unspecified atom stereocenters. The van der Waals surface area contributed by atoms with Crippen molar-refractivity contribution in [2.75, 3.05) is 13.1 Å². The molecule has 1 fully saturated rings. The van der Waals surface area contributed by atoms with Crippen LogP contribution in [0.3, 0.4) is 0 Å². The Morgan fingerprint density at radius 2 is 2.00 bits per heavy atom. The molecule has 1 N–H and O–H groups in total. The lowest BCUT2D eigenvalue weighted by molar-refractivity contribution is -0.0541. The van der Waals surface area contributed by atoms with Crippen molar-refractivity contribution in [2.45, 2.75) is 26.1 Å². The van der Waals surface area contributed by atoms with Crippen LogP contribution in [-0.2, 0) is 4.74 Å².